The molecule has 0 aromatic carbocycles. The minimum Gasteiger partial charge on any atom is -0.355 e. The van der Waals surface area contributed by atoms with E-state index in [0.717, 1.165) is 25.8 Å². The molecule has 1 atom stereocenters. The van der Waals surface area contributed by atoms with Crippen LogP contribution >= 0.6 is 0 Å². The Morgan fingerprint density at radius 3 is 2.54 bits per heavy atom. The SMILES string of the molecule is CN=C(NCCS(C)(=O)=O)NC1CCN(C(=O)C2CCCCC2)C1. The molecule has 1 heterocycles. The van der Waals surface area contributed by atoms with Crippen LogP contribution in [0, 0.1) is 5.92 Å². The summed E-state index contributed by atoms with van der Waals surface area (Å²) < 4.78 is 22.3. The largest absolute Gasteiger partial charge is 0.355 e. The van der Waals surface area contributed by atoms with Crippen LogP contribution in [0.2, 0.25) is 0 Å². The van der Waals surface area contributed by atoms with E-state index in [2.05, 4.69) is 15.6 Å². The van der Waals surface area contributed by atoms with Crippen molar-refractivity contribution < 1.29 is 13.2 Å². The minimum absolute atomic E-state index is 0.0741. The van der Waals surface area contributed by atoms with Crippen LogP contribution in [0.5, 0.6) is 0 Å². The van der Waals surface area contributed by atoms with Crippen molar-refractivity contribution in [1.82, 2.24) is 15.5 Å². The van der Waals surface area contributed by atoms with Gasteiger partial charge >= 0.3 is 0 Å². The number of carbonyl (C=O) groups is 1. The molecule has 2 fully saturated rings. The van der Waals surface area contributed by atoms with Crippen LogP contribution in [0.1, 0.15) is 38.5 Å². The maximum absolute atomic E-state index is 12.6. The van der Waals surface area contributed by atoms with E-state index < -0.39 is 9.84 Å². The molecule has 7 nitrogen and oxygen atoms in total. The predicted octanol–water partition coefficient (Wildman–Crippen LogP) is 0.377. The molecule has 0 aromatic rings. The van der Waals surface area contributed by atoms with Crippen molar-refractivity contribution in [2.75, 3.05) is 38.7 Å². The first-order valence-corrected chi connectivity index (χ1v) is 10.9. The molecular formula is C16H30N4O3S. The molecule has 1 unspecified atom stereocenters. The number of aliphatic imine (C=N–C) groups is 1. The topological polar surface area (TPSA) is 90.9 Å². The Morgan fingerprint density at radius 2 is 1.92 bits per heavy atom. The summed E-state index contributed by atoms with van der Waals surface area (Å²) in [5.74, 6) is 1.18. The van der Waals surface area contributed by atoms with Crippen molar-refractivity contribution in [3.8, 4) is 0 Å². The Balaban J connectivity index is 1.76. The summed E-state index contributed by atoms with van der Waals surface area (Å²) in [5, 5.41) is 6.31. The molecule has 1 saturated carbocycles. The Hall–Kier alpha value is -1.31. The quantitative estimate of drug-likeness (QED) is 0.548. The van der Waals surface area contributed by atoms with Crippen molar-refractivity contribution in [2.45, 2.75) is 44.6 Å². The van der Waals surface area contributed by atoms with E-state index in [1.54, 1.807) is 7.05 Å². The monoisotopic (exact) mass is 358 g/mol. The van der Waals surface area contributed by atoms with Crippen LogP contribution in [0.25, 0.3) is 0 Å². The molecule has 0 radical (unpaired) electrons. The lowest BCUT2D eigenvalue weighted by Gasteiger charge is -2.26. The number of sulfone groups is 1. The zero-order valence-electron chi connectivity index (χ0n) is 14.8. The second kappa shape index (κ2) is 8.69. The Kier molecular flexibility index (Phi) is 6.89. The maximum Gasteiger partial charge on any atom is 0.225 e. The number of nitrogens with zero attached hydrogens (tertiary/aromatic N) is 2. The van der Waals surface area contributed by atoms with Gasteiger partial charge in [-0.25, -0.2) is 8.42 Å². The highest BCUT2D eigenvalue weighted by molar-refractivity contribution is 7.90. The molecule has 24 heavy (non-hydrogen) atoms. The highest BCUT2D eigenvalue weighted by Crippen LogP contribution is 2.26. The van der Waals surface area contributed by atoms with E-state index in [1.165, 1.54) is 25.5 Å². The minimum atomic E-state index is -2.99. The van der Waals surface area contributed by atoms with Gasteiger partial charge in [-0.1, -0.05) is 19.3 Å². The van der Waals surface area contributed by atoms with Crippen LogP contribution < -0.4 is 10.6 Å². The normalized spacial score (nSPS) is 23.3. The number of carbonyl (C=O) groups excluding carboxylic acids is 1. The first kappa shape index (κ1) is 19.0. The summed E-state index contributed by atoms with van der Waals surface area (Å²) in [7, 11) is -1.32. The van der Waals surface area contributed by atoms with Crippen LogP contribution in [0.15, 0.2) is 4.99 Å². The third-order valence-corrected chi connectivity index (χ3v) is 5.73. The molecule has 0 spiro atoms. The third-order valence-electron chi connectivity index (χ3n) is 4.78. The first-order chi connectivity index (χ1) is 11.4. The van der Waals surface area contributed by atoms with Gasteiger partial charge < -0.3 is 15.5 Å². The standard InChI is InChI=1S/C16H30N4O3S/c1-17-16(18-9-11-24(2,22)23)19-14-8-10-20(12-14)15(21)13-6-4-3-5-7-13/h13-14H,3-12H2,1-2H3,(H2,17,18,19). The fourth-order valence-corrected chi connectivity index (χ4v) is 3.90. The van der Waals surface area contributed by atoms with Crippen molar-refractivity contribution in [3.63, 3.8) is 0 Å². The summed E-state index contributed by atoms with van der Waals surface area (Å²) in [6, 6.07) is 0.168. The van der Waals surface area contributed by atoms with Crippen LogP contribution in [0.4, 0.5) is 0 Å². The summed E-state index contributed by atoms with van der Waals surface area (Å²) in [5.41, 5.74) is 0. The lowest BCUT2D eigenvalue weighted by atomic mass is 9.88. The number of rotatable bonds is 5. The van der Waals surface area contributed by atoms with Gasteiger partial charge in [0.15, 0.2) is 5.96 Å². The number of nitrogens with one attached hydrogen (secondary N) is 2. The van der Waals surface area contributed by atoms with E-state index in [1.807, 2.05) is 4.90 Å². The second-order valence-corrected chi connectivity index (χ2v) is 9.14. The number of amides is 1. The number of guanidine groups is 1. The first-order valence-electron chi connectivity index (χ1n) is 8.83. The van der Waals surface area contributed by atoms with Gasteiger partial charge in [0.25, 0.3) is 0 Å². The van der Waals surface area contributed by atoms with Crippen molar-refractivity contribution in [3.05, 3.63) is 0 Å². The van der Waals surface area contributed by atoms with E-state index in [9.17, 15) is 13.2 Å². The molecule has 2 rings (SSSR count). The molecule has 1 saturated heterocycles. The zero-order valence-corrected chi connectivity index (χ0v) is 15.6. The highest BCUT2D eigenvalue weighted by atomic mass is 32.2. The van der Waals surface area contributed by atoms with E-state index in [4.69, 9.17) is 0 Å². The molecule has 0 aromatic heterocycles. The van der Waals surface area contributed by atoms with Gasteiger partial charge in [-0.15, -0.1) is 0 Å². The summed E-state index contributed by atoms with van der Waals surface area (Å²) in [6.45, 7) is 1.81. The van der Waals surface area contributed by atoms with Crippen LogP contribution in [-0.2, 0) is 14.6 Å². The zero-order chi connectivity index (χ0) is 17.6. The fourth-order valence-electron chi connectivity index (χ4n) is 3.43. The molecule has 138 valence electrons. The highest BCUT2D eigenvalue weighted by Gasteiger charge is 2.31. The van der Waals surface area contributed by atoms with Crippen molar-refractivity contribution in [2.24, 2.45) is 10.9 Å². The fraction of sp³-hybridized carbons (Fsp3) is 0.875. The van der Waals surface area contributed by atoms with E-state index >= 15 is 0 Å². The van der Waals surface area contributed by atoms with Crippen molar-refractivity contribution >= 4 is 21.7 Å². The molecule has 1 amide bonds. The molecule has 1 aliphatic heterocycles. The van der Waals surface area contributed by atoms with Crippen LogP contribution in [0.3, 0.4) is 0 Å². The Morgan fingerprint density at radius 1 is 1.21 bits per heavy atom. The van der Waals surface area contributed by atoms with Gasteiger partial charge in [-0.05, 0) is 19.3 Å². The maximum atomic E-state index is 12.6. The second-order valence-electron chi connectivity index (χ2n) is 6.88. The Labute approximate surface area is 145 Å². The molecule has 1 aliphatic carbocycles. The lowest BCUT2D eigenvalue weighted by Crippen LogP contribution is -2.46. The van der Waals surface area contributed by atoms with Gasteiger partial charge in [-0.3, -0.25) is 9.79 Å². The molecule has 8 heteroatoms. The average Bonchev–Trinajstić information content (AvgIpc) is 3.01. The average molecular weight is 359 g/mol. The summed E-state index contributed by atoms with van der Waals surface area (Å²) in [4.78, 5) is 18.7. The van der Waals surface area contributed by atoms with E-state index in [-0.39, 0.29) is 17.7 Å². The molecule has 2 N–H and O–H groups in total. The molecular weight excluding hydrogens is 328 g/mol. The van der Waals surface area contributed by atoms with Crippen LogP contribution in [-0.4, -0.2) is 69.9 Å². The third kappa shape index (κ3) is 5.96. The lowest BCUT2D eigenvalue weighted by molar-refractivity contribution is -0.135. The van der Waals surface area contributed by atoms with Gasteiger partial charge in [0.05, 0.1) is 5.75 Å². The van der Waals surface area contributed by atoms with Crippen molar-refractivity contribution in [1.29, 1.82) is 0 Å². The van der Waals surface area contributed by atoms with Gasteiger partial charge in [0, 0.05) is 44.9 Å². The summed E-state index contributed by atoms with van der Waals surface area (Å²) in [6.07, 6.45) is 7.77. The van der Waals surface area contributed by atoms with Gasteiger partial charge in [0.1, 0.15) is 9.84 Å². The van der Waals surface area contributed by atoms with E-state index in [0.29, 0.717) is 25.0 Å². The molecule has 2 aliphatic rings. The van der Waals surface area contributed by atoms with Gasteiger partial charge in [-0.2, -0.15) is 0 Å². The number of hydrogen-bond acceptors (Lipinski definition) is 4. The predicted molar refractivity (Wildman–Crippen MR) is 95.8 cm³/mol. The number of likely N-dealkylation sites (tertiary alicyclic amines) is 1. The smallest absolute Gasteiger partial charge is 0.225 e. The van der Waals surface area contributed by atoms with Gasteiger partial charge in [0.2, 0.25) is 5.91 Å². The molecule has 0 bridgehead atoms. The number of hydrogen-bond donors (Lipinski definition) is 2. The Bertz CT molecular complexity index is 556. The summed E-state index contributed by atoms with van der Waals surface area (Å²) >= 11 is 0.